The van der Waals surface area contributed by atoms with Crippen LogP contribution in [0, 0.1) is 11.7 Å². The maximum absolute atomic E-state index is 13.8. The Kier molecular flexibility index (Phi) is 5.51. The summed E-state index contributed by atoms with van der Waals surface area (Å²) in [5.74, 6) is 0.913. The van der Waals surface area contributed by atoms with Gasteiger partial charge in [0.25, 0.3) is 0 Å². The maximum Gasteiger partial charge on any atom is 0.199 e. The Labute approximate surface area is 166 Å². The summed E-state index contributed by atoms with van der Waals surface area (Å²) in [5, 5.41) is 13.4. The van der Waals surface area contributed by atoms with E-state index in [0.717, 1.165) is 31.9 Å². The molecule has 2 aromatic rings. The van der Waals surface area contributed by atoms with Gasteiger partial charge < -0.3 is 15.3 Å². The number of fused-ring (bicyclic) bond motifs is 1. The molecule has 148 valence electrons. The van der Waals surface area contributed by atoms with Crippen molar-refractivity contribution in [2.24, 2.45) is 10.9 Å². The van der Waals surface area contributed by atoms with Gasteiger partial charge in [-0.15, -0.1) is 0 Å². The molecule has 5 heteroatoms. The van der Waals surface area contributed by atoms with Crippen molar-refractivity contribution in [3.63, 3.8) is 0 Å². The average molecular weight is 381 g/mol. The highest BCUT2D eigenvalue weighted by Gasteiger charge is 2.25. The first kappa shape index (κ1) is 18.8. The van der Waals surface area contributed by atoms with E-state index >= 15 is 0 Å². The zero-order valence-corrected chi connectivity index (χ0v) is 16.4. The lowest BCUT2D eigenvalue weighted by molar-refractivity contribution is 0.323. The number of rotatable bonds is 2. The number of halogens is 1. The Balaban J connectivity index is 1.64. The van der Waals surface area contributed by atoms with E-state index in [1.165, 1.54) is 48.6 Å². The van der Waals surface area contributed by atoms with Crippen molar-refractivity contribution in [2.75, 3.05) is 11.9 Å². The zero-order valence-electron chi connectivity index (χ0n) is 16.4. The smallest absolute Gasteiger partial charge is 0.199 e. The standard InChI is InChI=1S/C23H28FN3O/c1-16-6-2-5-9-20(16)25-23(26-21-14-19(24)10-11-22(21)28)27-13-12-17-7-3-4-8-18(17)15-27/h3-4,7-8,10-11,14,16,20,28H,2,5-6,9,12-13,15H2,1H3,(H,25,26). The number of phenols is 1. The van der Waals surface area contributed by atoms with Crippen LogP contribution in [0.4, 0.5) is 10.1 Å². The Hall–Kier alpha value is -2.56. The van der Waals surface area contributed by atoms with Gasteiger partial charge in [0.1, 0.15) is 11.6 Å². The number of anilines is 1. The highest BCUT2D eigenvalue weighted by molar-refractivity contribution is 5.95. The molecule has 2 atom stereocenters. The second-order valence-corrected chi connectivity index (χ2v) is 8.01. The minimum Gasteiger partial charge on any atom is -0.506 e. The van der Waals surface area contributed by atoms with E-state index in [4.69, 9.17) is 4.99 Å². The first-order valence-corrected chi connectivity index (χ1v) is 10.3. The first-order chi connectivity index (χ1) is 13.6. The van der Waals surface area contributed by atoms with E-state index < -0.39 is 0 Å². The van der Waals surface area contributed by atoms with Gasteiger partial charge in [0, 0.05) is 19.2 Å². The van der Waals surface area contributed by atoms with Crippen LogP contribution in [0.1, 0.15) is 43.7 Å². The molecule has 0 radical (unpaired) electrons. The van der Waals surface area contributed by atoms with E-state index in [1.54, 1.807) is 0 Å². The monoisotopic (exact) mass is 381 g/mol. The molecular formula is C23H28FN3O. The number of guanidine groups is 1. The number of aromatic hydroxyl groups is 1. The maximum atomic E-state index is 13.8. The molecule has 2 N–H and O–H groups in total. The van der Waals surface area contributed by atoms with Crippen molar-refractivity contribution in [3.05, 3.63) is 59.4 Å². The van der Waals surface area contributed by atoms with Crippen molar-refractivity contribution >= 4 is 11.6 Å². The van der Waals surface area contributed by atoms with Gasteiger partial charge in [0.05, 0.1) is 11.7 Å². The number of benzene rings is 2. The molecule has 1 aliphatic heterocycles. The van der Waals surface area contributed by atoms with Crippen LogP contribution in [0.3, 0.4) is 0 Å². The third-order valence-electron chi connectivity index (χ3n) is 5.99. The first-order valence-electron chi connectivity index (χ1n) is 10.3. The minimum absolute atomic E-state index is 0.0307. The van der Waals surface area contributed by atoms with Crippen LogP contribution in [0.2, 0.25) is 0 Å². The van der Waals surface area contributed by atoms with E-state index in [2.05, 4.69) is 41.4 Å². The predicted octanol–water partition coefficient (Wildman–Crippen LogP) is 4.94. The molecule has 2 aliphatic rings. The Morgan fingerprint density at radius 2 is 1.93 bits per heavy atom. The van der Waals surface area contributed by atoms with Crippen LogP contribution in [-0.4, -0.2) is 28.6 Å². The molecule has 2 unspecified atom stereocenters. The highest BCUT2D eigenvalue weighted by Crippen LogP contribution is 2.29. The van der Waals surface area contributed by atoms with E-state index in [0.29, 0.717) is 11.6 Å². The summed E-state index contributed by atoms with van der Waals surface area (Å²) >= 11 is 0. The van der Waals surface area contributed by atoms with Crippen molar-refractivity contribution < 1.29 is 9.50 Å². The molecule has 4 nitrogen and oxygen atoms in total. The lowest BCUT2D eigenvalue weighted by atomic mass is 9.86. The minimum atomic E-state index is -0.380. The number of nitrogens with one attached hydrogen (secondary N) is 1. The zero-order chi connectivity index (χ0) is 19.5. The number of phenolic OH excluding ortho intramolecular Hbond substituents is 1. The molecule has 1 aliphatic carbocycles. The van der Waals surface area contributed by atoms with E-state index in [9.17, 15) is 9.50 Å². The van der Waals surface area contributed by atoms with Crippen LogP contribution >= 0.6 is 0 Å². The van der Waals surface area contributed by atoms with Crippen molar-refractivity contribution in [2.45, 2.75) is 51.6 Å². The number of hydrogen-bond donors (Lipinski definition) is 2. The van der Waals surface area contributed by atoms with Crippen LogP contribution < -0.4 is 5.32 Å². The topological polar surface area (TPSA) is 47.9 Å². The summed E-state index contributed by atoms with van der Waals surface area (Å²) in [6, 6.07) is 12.7. The summed E-state index contributed by atoms with van der Waals surface area (Å²) in [4.78, 5) is 7.29. The summed E-state index contributed by atoms with van der Waals surface area (Å²) < 4.78 is 13.8. The highest BCUT2D eigenvalue weighted by atomic mass is 19.1. The van der Waals surface area contributed by atoms with Crippen LogP contribution in [0.25, 0.3) is 0 Å². The molecular weight excluding hydrogens is 353 g/mol. The molecule has 0 bridgehead atoms. The quantitative estimate of drug-likeness (QED) is 0.440. The van der Waals surface area contributed by atoms with Crippen LogP contribution in [0.5, 0.6) is 5.75 Å². The molecule has 1 heterocycles. The van der Waals surface area contributed by atoms with Crippen molar-refractivity contribution in [1.82, 2.24) is 4.90 Å². The van der Waals surface area contributed by atoms with Crippen LogP contribution in [-0.2, 0) is 13.0 Å². The average Bonchev–Trinajstić information content (AvgIpc) is 2.71. The summed E-state index contributed by atoms with van der Waals surface area (Å²) in [5.41, 5.74) is 3.03. The van der Waals surface area contributed by atoms with Crippen molar-refractivity contribution in [3.8, 4) is 5.75 Å². The Bertz CT molecular complexity index is 867. The third-order valence-corrected chi connectivity index (χ3v) is 5.99. The summed E-state index contributed by atoms with van der Waals surface area (Å²) in [7, 11) is 0. The molecule has 28 heavy (non-hydrogen) atoms. The largest absolute Gasteiger partial charge is 0.506 e. The third kappa shape index (κ3) is 4.13. The molecule has 0 amide bonds. The number of nitrogens with zero attached hydrogens (tertiary/aromatic N) is 2. The molecule has 2 aromatic carbocycles. The van der Waals surface area contributed by atoms with Gasteiger partial charge in [-0.1, -0.05) is 44.0 Å². The lowest BCUT2D eigenvalue weighted by Crippen LogP contribution is -2.41. The lowest BCUT2D eigenvalue weighted by Gasteiger charge is -2.34. The molecule has 1 saturated carbocycles. The van der Waals surface area contributed by atoms with E-state index in [1.807, 2.05) is 0 Å². The fourth-order valence-electron chi connectivity index (χ4n) is 4.24. The van der Waals surface area contributed by atoms with E-state index in [-0.39, 0.29) is 17.6 Å². The second-order valence-electron chi connectivity index (χ2n) is 8.01. The van der Waals surface area contributed by atoms with Gasteiger partial charge >= 0.3 is 0 Å². The fourth-order valence-corrected chi connectivity index (χ4v) is 4.24. The molecule has 0 saturated heterocycles. The second kappa shape index (κ2) is 8.21. The predicted molar refractivity (Wildman–Crippen MR) is 111 cm³/mol. The number of hydrogen-bond acceptors (Lipinski definition) is 2. The van der Waals surface area contributed by atoms with Crippen molar-refractivity contribution in [1.29, 1.82) is 0 Å². The molecule has 0 aromatic heterocycles. The van der Waals surface area contributed by atoms with Gasteiger partial charge in [-0.25, -0.2) is 9.38 Å². The van der Waals surface area contributed by atoms with Crippen LogP contribution in [0.15, 0.2) is 47.5 Å². The molecule has 4 rings (SSSR count). The fraction of sp³-hybridized carbons (Fsp3) is 0.435. The normalized spacial score (nSPS) is 22.6. The van der Waals surface area contributed by atoms with Gasteiger partial charge in [-0.2, -0.15) is 0 Å². The van der Waals surface area contributed by atoms with Gasteiger partial charge in [0.2, 0.25) is 0 Å². The van der Waals surface area contributed by atoms with Gasteiger partial charge in [0.15, 0.2) is 5.96 Å². The molecule has 1 fully saturated rings. The summed E-state index contributed by atoms with van der Waals surface area (Å²) in [6.45, 7) is 3.87. The SMILES string of the molecule is CC1CCCCC1N=C(Nc1cc(F)ccc1O)N1CCc2ccccc2C1. The molecule has 0 spiro atoms. The van der Waals surface area contributed by atoms with Gasteiger partial charge in [-0.05, 0) is 48.4 Å². The number of aliphatic imine (C=N–C) groups is 1. The summed E-state index contributed by atoms with van der Waals surface area (Å²) in [6.07, 6.45) is 5.67. The van der Waals surface area contributed by atoms with Gasteiger partial charge in [-0.3, -0.25) is 0 Å². The Morgan fingerprint density at radius 1 is 1.14 bits per heavy atom. The Morgan fingerprint density at radius 3 is 2.75 bits per heavy atom.